The fourth-order valence-electron chi connectivity index (χ4n) is 4.50. The Balaban J connectivity index is 0.00000274. The van der Waals surface area contributed by atoms with E-state index in [1.54, 1.807) is 7.11 Å². The van der Waals surface area contributed by atoms with Crippen molar-refractivity contribution in [1.29, 1.82) is 0 Å². The van der Waals surface area contributed by atoms with Crippen LogP contribution < -0.4 is 19.5 Å². The first-order valence-electron chi connectivity index (χ1n) is 11.4. The third-order valence-electron chi connectivity index (χ3n) is 6.79. The molecule has 1 aliphatic carbocycles. The molecule has 5 rings (SSSR count). The van der Waals surface area contributed by atoms with E-state index in [1.807, 2.05) is 42.5 Å². The Morgan fingerprint density at radius 3 is 2.52 bits per heavy atom. The van der Waals surface area contributed by atoms with E-state index < -0.39 is 5.41 Å². The first-order chi connectivity index (χ1) is 15.9. The standard InChI is InChI=1S/C28H29NO4.H2/c1-17(2)19-6-9-24(31-4)23(13-19)22-15-21(8-5-18(22)3)29-27(30)28(11-12-28)20-7-10-25-26(14-20)33-16-32-25;/h5-10,13-15,17H,11-12,16H2,1-4H3,(H,29,30);1H. The predicted octanol–water partition coefficient (Wildman–Crippen LogP) is 6.44. The highest BCUT2D eigenvalue weighted by atomic mass is 16.7. The first-order valence-corrected chi connectivity index (χ1v) is 11.4. The van der Waals surface area contributed by atoms with E-state index in [-0.39, 0.29) is 14.1 Å². The van der Waals surface area contributed by atoms with Gasteiger partial charge in [0.25, 0.3) is 0 Å². The molecule has 1 heterocycles. The lowest BCUT2D eigenvalue weighted by atomic mass is 9.93. The number of hydrogen-bond donors (Lipinski definition) is 1. The van der Waals surface area contributed by atoms with Crippen molar-refractivity contribution in [2.75, 3.05) is 19.2 Å². The summed E-state index contributed by atoms with van der Waals surface area (Å²) < 4.78 is 16.6. The van der Waals surface area contributed by atoms with Crippen molar-refractivity contribution in [2.45, 2.75) is 44.9 Å². The topological polar surface area (TPSA) is 56.8 Å². The van der Waals surface area contributed by atoms with Gasteiger partial charge in [0.15, 0.2) is 11.5 Å². The minimum absolute atomic E-state index is 0. The summed E-state index contributed by atoms with van der Waals surface area (Å²) >= 11 is 0. The second kappa shape index (κ2) is 8.14. The number of aryl methyl sites for hydroxylation is 1. The van der Waals surface area contributed by atoms with Crippen LogP contribution >= 0.6 is 0 Å². The molecule has 0 saturated heterocycles. The number of anilines is 1. The van der Waals surface area contributed by atoms with Crippen molar-refractivity contribution in [3.05, 3.63) is 71.3 Å². The van der Waals surface area contributed by atoms with Crippen LogP contribution in [-0.4, -0.2) is 19.8 Å². The summed E-state index contributed by atoms with van der Waals surface area (Å²) in [6, 6.07) is 18.2. The predicted molar refractivity (Wildman–Crippen MR) is 131 cm³/mol. The normalized spacial score (nSPS) is 15.4. The number of carbonyl (C=O) groups is 1. The van der Waals surface area contributed by atoms with Crippen molar-refractivity contribution in [3.8, 4) is 28.4 Å². The number of methoxy groups -OCH3 is 1. The fourth-order valence-corrected chi connectivity index (χ4v) is 4.50. The lowest BCUT2D eigenvalue weighted by Gasteiger charge is -2.18. The van der Waals surface area contributed by atoms with E-state index in [0.717, 1.165) is 52.3 Å². The van der Waals surface area contributed by atoms with Crippen LogP contribution in [0.5, 0.6) is 17.2 Å². The van der Waals surface area contributed by atoms with Gasteiger partial charge in [0.05, 0.1) is 12.5 Å². The molecule has 1 aliphatic heterocycles. The molecule has 33 heavy (non-hydrogen) atoms. The van der Waals surface area contributed by atoms with Crippen LogP contribution in [0.2, 0.25) is 0 Å². The summed E-state index contributed by atoms with van der Waals surface area (Å²) in [5, 5.41) is 3.17. The third kappa shape index (κ3) is 3.82. The van der Waals surface area contributed by atoms with Gasteiger partial charge in [0.2, 0.25) is 12.7 Å². The zero-order valence-electron chi connectivity index (χ0n) is 19.5. The molecular formula is C28H31NO4. The first kappa shape index (κ1) is 21.4. The number of carbonyl (C=O) groups excluding carboxylic acids is 1. The summed E-state index contributed by atoms with van der Waals surface area (Å²) in [7, 11) is 1.69. The maximum atomic E-state index is 13.4. The highest BCUT2D eigenvalue weighted by molar-refractivity contribution is 6.02. The molecule has 0 radical (unpaired) electrons. The molecule has 1 amide bonds. The molecule has 0 spiro atoms. The SMILES string of the molecule is COc1ccc(C(C)C)cc1-c1cc(NC(=O)C2(c3ccc4c(c3)OCO4)CC2)ccc1C.[HH]. The molecule has 2 aliphatic rings. The van der Waals surface area contributed by atoms with Gasteiger partial charge in [-0.15, -0.1) is 0 Å². The smallest absolute Gasteiger partial charge is 0.235 e. The zero-order valence-corrected chi connectivity index (χ0v) is 19.5. The number of ether oxygens (including phenoxy) is 3. The lowest BCUT2D eigenvalue weighted by Crippen LogP contribution is -2.27. The molecular weight excluding hydrogens is 414 g/mol. The third-order valence-corrected chi connectivity index (χ3v) is 6.79. The van der Waals surface area contributed by atoms with Crippen molar-refractivity contribution in [3.63, 3.8) is 0 Å². The van der Waals surface area contributed by atoms with Crippen LogP contribution in [-0.2, 0) is 10.2 Å². The van der Waals surface area contributed by atoms with Gasteiger partial charge in [0, 0.05) is 12.7 Å². The van der Waals surface area contributed by atoms with E-state index in [0.29, 0.717) is 11.7 Å². The molecule has 1 saturated carbocycles. The number of amides is 1. The van der Waals surface area contributed by atoms with Gasteiger partial charge in [0.1, 0.15) is 5.75 Å². The Morgan fingerprint density at radius 2 is 1.79 bits per heavy atom. The molecule has 0 bridgehead atoms. The van der Waals surface area contributed by atoms with Crippen molar-refractivity contribution in [2.24, 2.45) is 0 Å². The second-order valence-electron chi connectivity index (χ2n) is 9.25. The number of hydrogen-bond acceptors (Lipinski definition) is 4. The Hall–Kier alpha value is -3.47. The zero-order chi connectivity index (χ0) is 23.2. The average Bonchev–Trinajstić information content (AvgIpc) is 3.50. The Morgan fingerprint density at radius 1 is 1.00 bits per heavy atom. The van der Waals surface area contributed by atoms with E-state index in [2.05, 4.69) is 38.2 Å². The molecule has 0 aromatic heterocycles. The van der Waals surface area contributed by atoms with Crippen LogP contribution in [0.25, 0.3) is 11.1 Å². The van der Waals surface area contributed by atoms with Gasteiger partial charge in [-0.05, 0) is 84.3 Å². The molecule has 1 N–H and O–H groups in total. The molecule has 3 aromatic rings. The van der Waals surface area contributed by atoms with Gasteiger partial charge >= 0.3 is 0 Å². The molecule has 172 valence electrons. The Bertz CT molecular complexity index is 1230. The van der Waals surface area contributed by atoms with Gasteiger partial charge in [-0.1, -0.05) is 32.0 Å². The van der Waals surface area contributed by atoms with E-state index in [1.165, 1.54) is 5.56 Å². The Kier molecular flexibility index (Phi) is 5.28. The molecule has 0 unspecified atom stereocenters. The monoisotopic (exact) mass is 445 g/mol. The fraction of sp³-hybridized carbons (Fsp3) is 0.321. The highest BCUT2D eigenvalue weighted by Gasteiger charge is 2.51. The molecule has 5 heteroatoms. The van der Waals surface area contributed by atoms with Crippen molar-refractivity contribution >= 4 is 11.6 Å². The number of fused-ring (bicyclic) bond motifs is 1. The maximum Gasteiger partial charge on any atom is 0.235 e. The summed E-state index contributed by atoms with van der Waals surface area (Å²) in [6.07, 6.45) is 1.64. The van der Waals surface area contributed by atoms with Crippen LogP contribution in [0.1, 0.15) is 50.7 Å². The van der Waals surface area contributed by atoms with Crippen LogP contribution in [0.15, 0.2) is 54.6 Å². The van der Waals surface area contributed by atoms with Crippen LogP contribution in [0.4, 0.5) is 5.69 Å². The number of benzene rings is 3. The van der Waals surface area contributed by atoms with Gasteiger partial charge in [-0.2, -0.15) is 0 Å². The van der Waals surface area contributed by atoms with Crippen LogP contribution in [0.3, 0.4) is 0 Å². The van der Waals surface area contributed by atoms with Gasteiger partial charge < -0.3 is 19.5 Å². The molecule has 3 aromatic carbocycles. The van der Waals surface area contributed by atoms with Gasteiger partial charge in [-0.25, -0.2) is 0 Å². The minimum Gasteiger partial charge on any atom is -0.496 e. The largest absolute Gasteiger partial charge is 0.496 e. The summed E-state index contributed by atoms with van der Waals surface area (Å²) in [5.41, 5.74) is 5.71. The summed E-state index contributed by atoms with van der Waals surface area (Å²) in [5.74, 6) is 2.69. The van der Waals surface area contributed by atoms with E-state index in [4.69, 9.17) is 14.2 Å². The second-order valence-corrected chi connectivity index (χ2v) is 9.25. The average molecular weight is 446 g/mol. The van der Waals surface area contributed by atoms with Crippen LogP contribution in [0, 0.1) is 6.92 Å². The Labute approximate surface area is 196 Å². The molecule has 5 nitrogen and oxygen atoms in total. The van der Waals surface area contributed by atoms with Crippen molar-refractivity contribution in [1.82, 2.24) is 0 Å². The van der Waals surface area contributed by atoms with Crippen molar-refractivity contribution < 1.29 is 20.4 Å². The maximum absolute atomic E-state index is 13.4. The number of nitrogens with one attached hydrogen (secondary N) is 1. The number of rotatable bonds is 6. The summed E-state index contributed by atoms with van der Waals surface area (Å²) in [4.78, 5) is 13.4. The van der Waals surface area contributed by atoms with E-state index >= 15 is 0 Å². The minimum atomic E-state index is -0.513. The highest BCUT2D eigenvalue weighted by Crippen LogP contribution is 2.51. The quantitative estimate of drug-likeness (QED) is 0.474. The van der Waals surface area contributed by atoms with Gasteiger partial charge in [-0.3, -0.25) is 4.79 Å². The van der Waals surface area contributed by atoms with E-state index in [9.17, 15) is 4.79 Å². The molecule has 0 atom stereocenters. The molecule has 1 fully saturated rings. The lowest BCUT2D eigenvalue weighted by molar-refractivity contribution is -0.118. The summed E-state index contributed by atoms with van der Waals surface area (Å²) in [6.45, 7) is 6.67.